The molecule has 1 aliphatic heterocycles. The number of carbonyl (C=O) groups excluding carboxylic acids is 2. The van der Waals surface area contributed by atoms with Crippen LogP contribution in [0.15, 0.2) is 84.4 Å². The van der Waals surface area contributed by atoms with Gasteiger partial charge < -0.3 is 5.11 Å². The second kappa shape index (κ2) is 7.40. The number of benzene rings is 3. The molecule has 1 atom stereocenters. The molecule has 0 radical (unpaired) electrons. The first-order valence-electron chi connectivity index (χ1n) is 9.47. The van der Waals surface area contributed by atoms with Crippen LogP contribution in [-0.2, 0) is 9.59 Å². The average molecular weight is 383 g/mol. The largest absolute Gasteiger partial charge is 0.507 e. The fourth-order valence-corrected chi connectivity index (χ4v) is 3.74. The Morgan fingerprint density at radius 1 is 0.828 bits per heavy atom. The van der Waals surface area contributed by atoms with Crippen LogP contribution < -0.4 is 4.90 Å². The van der Waals surface area contributed by atoms with Gasteiger partial charge in [0.05, 0.1) is 11.6 Å². The molecule has 1 N–H and O–H groups in total. The van der Waals surface area contributed by atoms with E-state index in [4.69, 9.17) is 0 Å². The summed E-state index contributed by atoms with van der Waals surface area (Å²) in [6.07, 6.45) is 0. The third-order valence-electron chi connectivity index (χ3n) is 5.29. The zero-order valence-corrected chi connectivity index (χ0v) is 16.3. The molecule has 1 aliphatic rings. The van der Waals surface area contributed by atoms with Crippen molar-refractivity contribution in [1.29, 1.82) is 0 Å². The number of carbonyl (C=O) groups is 2. The van der Waals surface area contributed by atoms with Crippen molar-refractivity contribution in [2.45, 2.75) is 19.9 Å². The molecule has 3 aromatic carbocycles. The summed E-state index contributed by atoms with van der Waals surface area (Å²) in [6.45, 7) is 3.90. The van der Waals surface area contributed by atoms with Crippen LogP contribution in [0.3, 0.4) is 0 Å². The van der Waals surface area contributed by atoms with Gasteiger partial charge >= 0.3 is 0 Å². The fraction of sp³-hybridized carbons (Fsp3) is 0.120. The summed E-state index contributed by atoms with van der Waals surface area (Å²) in [5.74, 6) is -1.48. The highest BCUT2D eigenvalue weighted by atomic mass is 16.3. The van der Waals surface area contributed by atoms with Crippen LogP contribution in [0.2, 0.25) is 0 Å². The summed E-state index contributed by atoms with van der Waals surface area (Å²) in [5.41, 5.74) is 4.05. The number of aryl methyl sites for hydroxylation is 2. The van der Waals surface area contributed by atoms with Crippen LogP contribution in [0.1, 0.15) is 28.3 Å². The summed E-state index contributed by atoms with van der Waals surface area (Å²) < 4.78 is 0. The van der Waals surface area contributed by atoms with E-state index in [0.717, 1.165) is 16.7 Å². The topological polar surface area (TPSA) is 57.6 Å². The zero-order valence-electron chi connectivity index (χ0n) is 16.3. The van der Waals surface area contributed by atoms with Crippen LogP contribution in [0.5, 0.6) is 0 Å². The smallest absolute Gasteiger partial charge is 0.300 e. The molecule has 1 unspecified atom stereocenters. The fourth-order valence-electron chi connectivity index (χ4n) is 3.74. The molecule has 1 saturated heterocycles. The van der Waals surface area contributed by atoms with Gasteiger partial charge in [0.15, 0.2) is 0 Å². The molecule has 0 saturated carbocycles. The highest BCUT2D eigenvalue weighted by Gasteiger charge is 2.47. The average Bonchev–Trinajstić information content (AvgIpc) is 3.00. The molecule has 0 bridgehead atoms. The number of aliphatic hydroxyl groups excluding tert-OH is 1. The van der Waals surface area contributed by atoms with Gasteiger partial charge in [0.2, 0.25) is 0 Å². The Kier molecular flexibility index (Phi) is 4.77. The van der Waals surface area contributed by atoms with Crippen LogP contribution >= 0.6 is 0 Å². The summed E-state index contributed by atoms with van der Waals surface area (Å²) in [7, 11) is 0. The Bertz CT molecular complexity index is 1110. The van der Waals surface area contributed by atoms with E-state index in [9.17, 15) is 14.7 Å². The molecule has 4 rings (SSSR count). The Hall–Kier alpha value is -3.66. The molecule has 0 aliphatic carbocycles. The Morgan fingerprint density at radius 2 is 1.45 bits per heavy atom. The van der Waals surface area contributed by atoms with Crippen LogP contribution in [0.4, 0.5) is 5.69 Å². The molecule has 0 spiro atoms. The highest BCUT2D eigenvalue weighted by Crippen LogP contribution is 2.43. The lowest BCUT2D eigenvalue weighted by atomic mass is 9.92. The van der Waals surface area contributed by atoms with Gasteiger partial charge in [-0.25, -0.2) is 0 Å². The van der Waals surface area contributed by atoms with E-state index >= 15 is 0 Å². The van der Waals surface area contributed by atoms with Crippen molar-refractivity contribution in [2.75, 3.05) is 4.90 Å². The maximum atomic E-state index is 13.1. The van der Waals surface area contributed by atoms with Gasteiger partial charge in [-0.15, -0.1) is 0 Å². The Balaban J connectivity index is 1.97. The maximum absolute atomic E-state index is 13.1. The molecule has 3 aromatic rings. The third kappa shape index (κ3) is 3.23. The number of nitrogens with zero attached hydrogens (tertiary/aromatic N) is 1. The second-order valence-corrected chi connectivity index (χ2v) is 7.23. The van der Waals surface area contributed by atoms with Crippen molar-refractivity contribution < 1.29 is 14.7 Å². The molecule has 1 heterocycles. The van der Waals surface area contributed by atoms with Gasteiger partial charge in [-0.3, -0.25) is 14.5 Å². The van der Waals surface area contributed by atoms with Gasteiger partial charge in [-0.1, -0.05) is 72.3 Å². The van der Waals surface area contributed by atoms with Crippen molar-refractivity contribution in [3.05, 3.63) is 107 Å². The SMILES string of the molecule is Cc1ccc(N2C(=O)C(=O)/C(=C(\O)c3ccccc3)C2c2ccccc2C)cc1. The number of hydrogen-bond donors (Lipinski definition) is 1. The predicted molar refractivity (Wildman–Crippen MR) is 114 cm³/mol. The van der Waals surface area contributed by atoms with Gasteiger partial charge in [0.25, 0.3) is 11.7 Å². The van der Waals surface area contributed by atoms with Crippen molar-refractivity contribution in [3.8, 4) is 0 Å². The monoisotopic (exact) mass is 383 g/mol. The number of hydrogen-bond acceptors (Lipinski definition) is 3. The molecule has 4 nitrogen and oxygen atoms in total. The van der Waals surface area contributed by atoms with E-state index in [0.29, 0.717) is 11.3 Å². The van der Waals surface area contributed by atoms with Gasteiger partial charge in [-0.2, -0.15) is 0 Å². The summed E-state index contributed by atoms with van der Waals surface area (Å²) in [4.78, 5) is 27.6. The van der Waals surface area contributed by atoms with E-state index in [-0.39, 0.29) is 11.3 Å². The minimum absolute atomic E-state index is 0.107. The Labute approximate surface area is 169 Å². The minimum Gasteiger partial charge on any atom is -0.507 e. The van der Waals surface area contributed by atoms with Crippen molar-refractivity contribution in [2.24, 2.45) is 0 Å². The summed E-state index contributed by atoms with van der Waals surface area (Å²) in [6, 6.07) is 23.2. The van der Waals surface area contributed by atoms with Crippen molar-refractivity contribution in [3.63, 3.8) is 0 Å². The number of aliphatic hydroxyl groups is 1. The maximum Gasteiger partial charge on any atom is 0.300 e. The summed E-state index contributed by atoms with van der Waals surface area (Å²) >= 11 is 0. The van der Waals surface area contributed by atoms with E-state index < -0.39 is 17.7 Å². The van der Waals surface area contributed by atoms with E-state index in [1.54, 1.807) is 24.3 Å². The zero-order chi connectivity index (χ0) is 20.5. The van der Waals surface area contributed by atoms with Crippen LogP contribution in [0.25, 0.3) is 5.76 Å². The number of anilines is 1. The number of ketones is 1. The highest BCUT2D eigenvalue weighted by molar-refractivity contribution is 6.51. The number of rotatable bonds is 3. The van der Waals surface area contributed by atoms with Crippen molar-refractivity contribution in [1.82, 2.24) is 0 Å². The quantitative estimate of drug-likeness (QED) is 0.396. The minimum atomic E-state index is -0.695. The molecule has 0 aromatic heterocycles. The first-order valence-corrected chi connectivity index (χ1v) is 9.47. The molecule has 29 heavy (non-hydrogen) atoms. The predicted octanol–water partition coefficient (Wildman–Crippen LogP) is 4.93. The van der Waals surface area contributed by atoms with E-state index in [1.165, 1.54) is 4.90 Å². The normalized spacial score (nSPS) is 18.3. The number of amides is 1. The molecule has 1 amide bonds. The van der Waals surface area contributed by atoms with Crippen molar-refractivity contribution >= 4 is 23.1 Å². The van der Waals surface area contributed by atoms with Gasteiger partial charge in [0, 0.05) is 11.3 Å². The Morgan fingerprint density at radius 3 is 2.10 bits per heavy atom. The molecular formula is C25H21NO3. The molecule has 144 valence electrons. The lowest BCUT2D eigenvalue weighted by Gasteiger charge is -2.26. The van der Waals surface area contributed by atoms with Crippen LogP contribution in [-0.4, -0.2) is 16.8 Å². The molecular weight excluding hydrogens is 362 g/mol. The molecule has 1 fully saturated rings. The van der Waals surface area contributed by atoms with Gasteiger partial charge in [-0.05, 0) is 37.1 Å². The molecule has 4 heteroatoms. The number of Topliss-reactive ketones (excluding diaryl/α,β-unsaturated/α-hetero) is 1. The van der Waals surface area contributed by atoms with E-state index in [2.05, 4.69) is 0 Å². The first kappa shape index (κ1) is 18.7. The second-order valence-electron chi connectivity index (χ2n) is 7.23. The van der Waals surface area contributed by atoms with Gasteiger partial charge in [0.1, 0.15) is 5.76 Å². The lowest BCUT2D eigenvalue weighted by molar-refractivity contribution is -0.132. The lowest BCUT2D eigenvalue weighted by Crippen LogP contribution is -2.29. The first-order chi connectivity index (χ1) is 14.0. The summed E-state index contributed by atoms with van der Waals surface area (Å²) in [5, 5.41) is 11.0. The van der Waals surface area contributed by atoms with E-state index in [1.807, 2.05) is 68.4 Å². The standard InChI is InChI=1S/C25H21NO3/c1-16-12-14-19(15-13-16)26-22(20-11-7-6-8-17(20)2)21(24(28)25(26)29)23(27)18-9-4-3-5-10-18/h3-15,22,27H,1-2H3/b23-21-. The third-order valence-corrected chi connectivity index (χ3v) is 5.29. The van der Waals surface area contributed by atoms with Crippen LogP contribution in [0, 0.1) is 13.8 Å².